The summed E-state index contributed by atoms with van der Waals surface area (Å²) >= 11 is 0. The number of benzene rings is 3. The van der Waals surface area contributed by atoms with Crippen LogP contribution >= 0.6 is 0 Å². The number of aromatic nitrogens is 2. The van der Waals surface area contributed by atoms with Crippen molar-refractivity contribution in [1.82, 2.24) is 14.5 Å². The summed E-state index contributed by atoms with van der Waals surface area (Å²) in [6.07, 6.45) is 5.50. The molecule has 1 aliphatic rings. The van der Waals surface area contributed by atoms with Gasteiger partial charge in [0.15, 0.2) is 5.78 Å². The molecular weight excluding hydrogens is 662 g/mol. The predicted molar refractivity (Wildman–Crippen MR) is 174 cm³/mol. The summed E-state index contributed by atoms with van der Waals surface area (Å²) < 4.78 is 60.1. The minimum absolute atomic E-state index is 0.0980. The van der Waals surface area contributed by atoms with Crippen molar-refractivity contribution < 1.29 is 36.7 Å². The Morgan fingerprint density at radius 3 is 2.14 bits per heavy atom. The van der Waals surface area contributed by atoms with Gasteiger partial charge in [0.2, 0.25) is 0 Å². The van der Waals surface area contributed by atoms with Gasteiger partial charge in [-0.3, -0.25) is 19.1 Å². The number of ketones is 1. The normalized spacial score (nSPS) is 13.9. The number of sulfonamides is 1. The first-order chi connectivity index (χ1) is 23.2. The molecule has 256 valence electrons. The monoisotopic (exact) mass is 694 g/mol. The molecule has 1 saturated carbocycles. The number of carbonyl (C=O) groups excluding carboxylic acids is 2. The zero-order valence-electron chi connectivity index (χ0n) is 26.2. The van der Waals surface area contributed by atoms with Crippen LogP contribution in [0.3, 0.4) is 0 Å². The van der Waals surface area contributed by atoms with E-state index in [2.05, 4.69) is 5.32 Å². The number of halogens is 2. The van der Waals surface area contributed by atoms with Gasteiger partial charge in [0.05, 0.1) is 16.3 Å². The molecule has 1 heterocycles. The molecule has 15 heteroatoms. The second-order valence-corrected chi connectivity index (χ2v) is 13.5. The zero-order valence-corrected chi connectivity index (χ0v) is 27.0. The Morgan fingerprint density at radius 1 is 0.939 bits per heavy atom. The number of rotatable bonds is 12. The molecule has 0 spiro atoms. The van der Waals surface area contributed by atoms with E-state index < -0.39 is 62.1 Å². The molecule has 0 saturated heterocycles. The average molecular weight is 695 g/mol. The minimum Gasteiger partial charge on any atom is -0.480 e. The minimum atomic E-state index is -4.35. The van der Waals surface area contributed by atoms with Gasteiger partial charge in [0.1, 0.15) is 23.2 Å². The van der Waals surface area contributed by atoms with Crippen molar-refractivity contribution in [3.63, 3.8) is 0 Å². The maximum atomic E-state index is 15.0. The van der Waals surface area contributed by atoms with E-state index in [-0.39, 0.29) is 22.8 Å². The van der Waals surface area contributed by atoms with Crippen LogP contribution in [0.2, 0.25) is 0 Å². The van der Waals surface area contributed by atoms with E-state index in [4.69, 9.17) is 0 Å². The fourth-order valence-electron chi connectivity index (χ4n) is 5.73. The lowest BCUT2D eigenvalue weighted by atomic mass is 9.97. The molecule has 0 aliphatic heterocycles. The molecule has 5 rings (SSSR count). The van der Waals surface area contributed by atoms with Crippen LogP contribution in [-0.4, -0.2) is 46.4 Å². The third-order valence-electron chi connectivity index (χ3n) is 8.35. The van der Waals surface area contributed by atoms with Gasteiger partial charge < -0.3 is 15.0 Å². The largest absolute Gasteiger partial charge is 0.480 e. The zero-order chi connectivity index (χ0) is 35.5. The fraction of sp³-hybridized carbons (Fsp3) is 0.265. The number of hydrogen-bond acceptors (Lipinski definition) is 7. The Bertz CT molecular complexity index is 2120. The number of carboxylic acids is 1. The average Bonchev–Trinajstić information content (AvgIpc) is 3.56. The summed E-state index contributed by atoms with van der Waals surface area (Å²) in [7, 11) is -2.88. The van der Waals surface area contributed by atoms with Gasteiger partial charge in [-0.15, -0.1) is 0 Å². The van der Waals surface area contributed by atoms with Gasteiger partial charge in [-0.05, 0) is 47.9 Å². The number of nitrogens with one attached hydrogen (secondary N) is 2. The molecule has 49 heavy (non-hydrogen) atoms. The lowest BCUT2D eigenvalue weighted by molar-refractivity contribution is -0.139. The summed E-state index contributed by atoms with van der Waals surface area (Å²) in [4.78, 5) is 61.7. The van der Waals surface area contributed by atoms with E-state index >= 15 is 8.78 Å². The van der Waals surface area contributed by atoms with Crippen LogP contribution in [0.25, 0.3) is 5.69 Å². The van der Waals surface area contributed by atoms with Crippen molar-refractivity contribution in [2.75, 3.05) is 4.72 Å². The number of carbonyl (C=O) groups is 3. The molecule has 4 aromatic rings. The molecular formula is C34H32F2N4O8S. The highest BCUT2D eigenvalue weighted by atomic mass is 32.2. The number of aryl methyl sites for hydroxylation is 1. The lowest BCUT2D eigenvalue weighted by Crippen LogP contribution is -2.43. The van der Waals surface area contributed by atoms with Crippen molar-refractivity contribution in [2.45, 2.75) is 49.5 Å². The Kier molecular flexibility index (Phi) is 10.2. The number of nitrogens with zero attached hydrogens (tertiary/aromatic N) is 2. The van der Waals surface area contributed by atoms with Gasteiger partial charge in [0.25, 0.3) is 21.5 Å². The van der Waals surface area contributed by atoms with E-state index in [1.807, 2.05) is 4.72 Å². The van der Waals surface area contributed by atoms with Crippen LogP contribution in [0.15, 0.2) is 87.4 Å². The van der Waals surface area contributed by atoms with E-state index in [1.165, 1.54) is 72.4 Å². The van der Waals surface area contributed by atoms with Crippen LogP contribution in [0.4, 0.5) is 14.5 Å². The van der Waals surface area contributed by atoms with Crippen molar-refractivity contribution in [3.8, 4) is 5.69 Å². The molecule has 1 amide bonds. The van der Waals surface area contributed by atoms with E-state index in [0.29, 0.717) is 35.6 Å². The predicted octanol–water partition coefficient (Wildman–Crippen LogP) is 3.80. The van der Waals surface area contributed by atoms with Gasteiger partial charge >= 0.3 is 11.7 Å². The van der Waals surface area contributed by atoms with Crippen LogP contribution in [0.1, 0.15) is 58.4 Å². The molecule has 3 N–H and O–H groups in total. The molecule has 12 nitrogen and oxygen atoms in total. The molecule has 0 radical (unpaired) electrons. The van der Waals surface area contributed by atoms with Crippen LogP contribution in [0.5, 0.6) is 0 Å². The highest BCUT2D eigenvalue weighted by molar-refractivity contribution is 7.92. The highest BCUT2D eigenvalue weighted by Crippen LogP contribution is 2.29. The second-order valence-electron chi connectivity index (χ2n) is 11.8. The maximum Gasteiger partial charge on any atom is 0.335 e. The second kappa shape index (κ2) is 14.4. The van der Waals surface area contributed by atoms with E-state index in [1.54, 1.807) is 0 Å². The van der Waals surface area contributed by atoms with Gasteiger partial charge in [-0.2, -0.15) is 0 Å². The van der Waals surface area contributed by atoms with Crippen molar-refractivity contribution >= 4 is 33.4 Å². The number of hydrogen-bond donors (Lipinski definition) is 3. The third-order valence-corrected chi connectivity index (χ3v) is 9.75. The smallest absolute Gasteiger partial charge is 0.335 e. The third kappa shape index (κ3) is 8.00. The van der Waals surface area contributed by atoms with E-state index in [9.17, 15) is 37.5 Å². The van der Waals surface area contributed by atoms with Crippen molar-refractivity contribution in [2.24, 2.45) is 13.0 Å². The van der Waals surface area contributed by atoms with Crippen molar-refractivity contribution in [3.05, 3.63) is 122 Å². The van der Waals surface area contributed by atoms with Crippen molar-refractivity contribution in [1.29, 1.82) is 0 Å². The standard InChI is InChI=1S/C34H32F2N4O8S/c1-39-15-14-30(42)40(34(39)46)24-10-6-21(7-11-24)16-28(33(44)45)37-32(43)31-26(35)18-23(19-27(31)36)38-49(47,48)25-12-8-22(9-13-25)29(41)17-20-4-2-3-5-20/h6-15,18-20,28,38H,2-5,16-17H2,1H3,(H,37,43)(H,44,45)/t28-/m0/s1. The first-order valence-corrected chi connectivity index (χ1v) is 16.8. The SMILES string of the molecule is Cn1ccc(=O)n(-c2ccc(C[C@H](NC(=O)c3c(F)cc(NS(=O)(=O)c4ccc(C(=O)CC5CCCC5)cc4)cc3F)C(=O)O)cc2)c1=O. The first kappa shape index (κ1) is 34.9. The number of Topliss-reactive ketones (excluding diaryl/α,β-unsaturated/α-hetero) is 1. The quantitative estimate of drug-likeness (QED) is 0.188. The first-order valence-electron chi connectivity index (χ1n) is 15.3. The Morgan fingerprint density at radius 2 is 1.55 bits per heavy atom. The molecule has 3 aromatic carbocycles. The summed E-state index contributed by atoms with van der Waals surface area (Å²) in [6, 6.07) is 11.6. The van der Waals surface area contributed by atoms with Gasteiger partial charge in [-0.1, -0.05) is 49.9 Å². The molecule has 1 aliphatic carbocycles. The summed E-state index contributed by atoms with van der Waals surface area (Å²) in [6.45, 7) is 0. The Hall–Kier alpha value is -5.44. The molecule has 1 atom stereocenters. The molecule has 1 aromatic heterocycles. The van der Waals surface area contributed by atoms with Gasteiger partial charge in [-0.25, -0.2) is 31.4 Å². The summed E-state index contributed by atoms with van der Waals surface area (Å²) in [5.74, 6) is -5.60. The van der Waals surface area contributed by atoms with Crippen LogP contribution < -0.4 is 21.3 Å². The molecule has 0 unspecified atom stereocenters. The molecule has 1 fully saturated rings. The summed E-state index contributed by atoms with van der Waals surface area (Å²) in [5.41, 5.74) is -1.92. The number of anilines is 1. The number of aliphatic carboxylic acids is 1. The summed E-state index contributed by atoms with van der Waals surface area (Å²) in [5, 5.41) is 11.8. The maximum absolute atomic E-state index is 15.0. The fourth-order valence-corrected chi connectivity index (χ4v) is 6.77. The number of carboxylic acid groups (broad SMARTS) is 1. The van der Waals surface area contributed by atoms with Crippen LogP contribution in [-0.2, 0) is 28.3 Å². The van der Waals surface area contributed by atoms with E-state index in [0.717, 1.165) is 30.3 Å². The number of amides is 1. The Labute approximate surface area is 279 Å². The molecule has 0 bridgehead atoms. The topological polar surface area (TPSA) is 174 Å². The van der Waals surface area contributed by atoms with Gasteiger partial charge in [0, 0.05) is 37.7 Å². The van der Waals surface area contributed by atoms with Crippen LogP contribution in [0, 0.1) is 17.6 Å². The lowest BCUT2D eigenvalue weighted by Gasteiger charge is -2.16. The highest BCUT2D eigenvalue weighted by Gasteiger charge is 2.27. The Balaban J connectivity index is 1.26.